The molecule has 1 aliphatic heterocycles. The summed E-state index contributed by atoms with van der Waals surface area (Å²) < 4.78 is 13.7. The molecule has 22 heavy (non-hydrogen) atoms. The lowest BCUT2D eigenvalue weighted by Gasteiger charge is -2.20. The van der Waals surface area contributed by atoms with E-state index in [0.717, 1.165) is 25.2 Å². The second-order valence-electron chi connectivity index (χ2n) is 6.19. The van der Waals surface area contributed by atoms with Gasteiger partial charge in [0.1, 0.15) is 5.82 Å². The molecule has 0 saturated carbocycles. The third-order valence-corrected chi connectivity index (χ3v) is 4.42. The van der Waals surface area contributed by atoms with E-state index < -0.39 is 0 Å². The Morgan fingerprint density at radius 3 is 2.64 bits per heavy atom. The van der Waals surface area contributed by atoms with Crippen molar-refractivity contribution < 1.29 is 4.39 Å². The van der Waals surface area contributed by atoms with Crippen LogP contribution in [0.15, 0.2) is 42.7 Å². The first kappa shape index (κ1) is 15.1. The van der Waals surface area contributed by atoms with E-state index >= 15 is 0 Å². The van der Waals surface area contributed by atoms with Crippen LogP contribution in [0, 0.1) is 5.82 Å². The van der Waals surface area contributed by atoms with Gasteiger partial charge in [-0.1, -0.05) is 24.3 Å². The summed E-state index contributed by atoms with van der Waals surface area (Å²) in [5, 5.41) is 0. The van der Waals surface area contributed by atoms with Crippen molar-refractivity contribution in [3.8, 4) is 11.1 Å². The molecule has 0 amide bonds. The second kappa shape index (κ2) is 6.55. The second-order valence-corrected chi connectivity index (χ2v) is 6.19. The number of hydrogen-bond donors (Lipinski definition) is 0. The van der Waals surface area contributed by atoms with E-state index in [9.17, 15) is 4.39 Å². The third kappa shape index (κ3) is 3.34. The number of rotatable bonds is 4. The summed E-state index contributed by atoms with van der Waals surface area (Å²) in [5.41, 5.74) is 2.78. The Morgan fingerprint density at radius 1 is 1.23 bits per heavy atom. The molecule has 1 fully saturated rings. The highest BCUT2D eigenvalue weighted by Gasteiger charge is 2.23. The maximum absolute atomic E-state index is 13.7. The molecule has 0 radical (unpaired) electrons. The Labute approximate surface area is 131 Å². The van der Waals surface area contributed by atoms with Gasteiger partial charge in [-0.2, -0.15) is 0 Å². The number of halogens is 1. The van der Waals surface area contributed by atoms with E-state index in [1.54, 1.807) is 12.3 Å². The first-order valence-corrected chi connectivity index (χ1v) is 7.71. The van der Waals surface area contributed by atoms with Crippen molar-refractivity contribution >= 4 is 0 Å². The summed E-state index contributed by atoms with van der Waals surface area (Å²) in [6.07, 6.45) is 4.11. The number of aromatic nitrogens is 1. The van der Waals surface area contributed by atoms with Crippen LogP contribution in [0.4, 0.5) is 4.39 Å². The monoisotopic (exact) mass is 299 g/mol. The van der Waals surface area contributed by atoms with E-state index in [0.29, 0.717) is 11.6 Å². The van der Waals surface area contributed by atoms with Crippen LogP contribution in [-0.2, 0) is 6.54 Å². The van der Waals surface area contributed by atoms with Crippen molar-refractivity contribution in [3.63, 3.8) is 0 Å². The summed E-state index contributed by atoms with van der Waals surface area (Å²) in [6, 6.07) is 10.5. The Hall–Kier alpha value is -1.78. The molecule has 2 aromatic rings. The first-order chi connectivity index (χ1) is 10.6. The molecule has 2 heterocycles. The van der Waals surface area contributed by atoms with Gasteiger partial charge in [0.15, 0.2) is 0 Å². The molecule has 0 bridgehead atoms. The van der Waals surface area contributed by atoms with E-state index in [2.05, 4.69) is 41.0 Å². The number of likely N-dealkylation sites (tertiary alicyclic amines) is 1. The number of hydrogen-bond acceptors (Lipinski definition) is 3. The van der Waals surface area contributed by atoms with Gasteiger partial charge < -0.3 is 4.90 Å². The maximum Gasteiger partial charge on any atom is 0.149 e. The molecule has 3 rings (SSSR count). The van der Waals surface area contributed by atoms with Gasteiger partial charge in [0.2, 0.25) is 0 Å². The van der Waals surface area contributed by atoms with E-state index in [4.69, 9.17) is 0 Å². The Bertz CT molecular complexity index is 624. The minimum Gasteiger partial charge on any atom is -0.305 e. The predicted octanol–water partition coefficient (Wildman–Crippen LogP) is 3.02. The summed E-state index contributed by atoms with van der Waals surface area (Å²) in [6.45, 7) is 3.22. The normalized spacial score (nSPS) is 19.0. The van der Waals surface area contributed by atoms with Crippen LogP contribution in [0.5, 0.6) is 0 Å². The molecule has 1 atom stereocenters. The molecular formula is C18H22FN3. The first-order valence-electron chi connectivity index (χ1n) is 7.71. The van der Waals surface area contributed by atoms with Crippen LogP contribution >= 0.6 is 0 Å². The fourth-order valence-corrected chi connectivity index (χ4v) is 3.03. The van der Waals surface area contributed by atoms with Gasteiger partial charge in [-0.15, -0.1) is 0 Å². The number of likely N-dealkylation sites (N-methyl/N-ethyl adjacent to an activating group) is 1. The zero-order chi connectivity index (χ0) is 15.5. The van der Waals surface area contributed by atoms with Crippen molar-refractivity contribution in [1.82, 2.24) is 14.8 Å². The fourth-order valence-electron chi connectivity index (χ4n) is 3.03. The largest absolute Gasteiger partial charge is 0.305 e. The zero-order valence-corrected chi connectivity index (χ0v) is 13.2. The van der Waals surface area contributed by atoms with Crippen LogP contribution < -0.4 is 0 Å². The zero-order valence-electron chi connectivity index (χ0n) is 13.2. The highest BCUT2D eigenvalue weighted by molar-refractivity contribution is 5.63. The summed E-state index contributed by atoms with van der Waals surface area (Å²) in [7, 11) is 4.29. The van der Waals surface area contributed by atoms with E-state index in [1.165, 1.54) is 18.2 Å². The molecule has 0 spiro atoms. The van der Waals surface area contributed by atoms with Gasteiger partial charge in [-0.05, 0) is 37.7 Å². The lowest BCUT2D eigenvalue weighted by atomic mass is 10.0. The lowest BCUT2D eigenvalue weighted by molar-refractivity contribution is 0.264. The van der Waals surface area contributed by atoms with E-state index in [1.807, 2.05) is 12.1 Å². The van der Waals surface area contributed by atoms with Gasteiger partial charge in [0, 0.05) is 37.4 Å². The molecular weight excluding hydrogens is 277 g/mol. The van der Waals surface area contributed by atoms with Crippen molar-refractivity contribution in [1.29, 1.82) is 0 Å². The van der Waals surface area contributed by atoms with Gasteiger partial charge in [0.25, 0.3) is 0 Å². The highest BCUT2D eigenvalue weighted by atomic mass is 19.1. The Balaban J connectivity index is 1.67. The SMILES string of the molecule is CN(C)C1CCN(Cc2ccc(-c3ccncc3F)cc2)C1. The molecule has 4 heteroatoms. The molecule has 1 aliphatic rings. The third-order valence-electron chi connectivity index (χ3n) is 4.42. The van der Waals surface area contributed by atoms with Gasteiger partial charge in [0.05, 0.1) is 6.20 Å². The average molecular weight is 299 g/mol. The predicted molar refractivity (Wildman–Crippen MR) is 87.0 cm³/mol. The number of nitrogens with zero attached hydrogens (tertiary/aromatic N) is 3. The highest BCUT2D eigenvalue weighted by Crippen LogP contribution is 2.23. The molecule has 1 aromatic heterocycles. The summed E-state index contributed by atoms with van der Waals surface area (Å²) in [4.78, 5) is 8.57. The minimum absolute atomic E-state index is 0.274. The van der Waals surface area contributed by atoms with Crippen molar-refractivity contribution in [2.24, 2.45) is 0 Å². The average Bonchev–Trinajstić information content (AvgIpc) is 2.98. The minimum atomic E-state index is -0.274. The molecule has 116 valence electrons. The van der Waals surface area contributed by atoms with Crippen LogP contribution in [0.3, 0.4) is 0 Å². The van der Waals surface area contributed by atoms with Crippen LogP contribution in [-0.4, -0.2) is 48.0 Å². The maximum atomic E-state index is 13.7. The molecule has 1 unspecified atom stereocenters. The molecule has 1 saturated heterocycles. The number of pyridine rings is 1. The smallest absolute Gasteiger partial charge is 0.149 e. The Morgan fingerprint density at radius 2 is 2.00 bits per heavy atom. The van der Waals surface area contributed by atoms with Crippen LogP contribution in [0.2, 0.25) is 0 Å². The summed E-state index contributed by atoms with van der Waals surface area (Å²) in [5.74, 6) is -0.274. The van der Waals surface area contributed by atoms with Crippen LogP contribution in [0.1, 0.15) is 12.0 Å². The van der Waals surface area contributed by atoms with Crippen molar-refractivity contribution in [2.45, 2.75) is 19.0 Å². The molecule has 0 N–H and O–H groups in total. The van der Waals surface area contributed by atoms with Gasteiger partial charge >= 0.3 is 0 Å². The van der Waals surface area contributed by atoms with Gasteiger partial charge in [-0.25, -0.2) is 4.39 Å². The van der Waals surface area contributed by atoms with Gasteiger partial charge in [-0.3, -0.25) is 9.88 Å². The quantitative estimate of drug-likeness (QED) is 0.865. The lowest BCUT2D eigenvalue weighted by Crippen LogP contribution is -2.31. The number of benzene rings is 1. The summed E-state index contributed by atoms with van der Waals surface area (Å²) >= 11 is 0. The van der Waals surface area contributed by atoms with Crippen molar-refractivity contribution in [2.75, 3.05) is 27.2 Å². The Kier molecular flexibility index (Phi) is 4.50. The molecule has 0 aliphatic carbocycles. The standard InChI is InChI=1S/C18H22FN3/c1-21(2)16-8-10-22(13-16)12-14-3-5-15(6-4-14)17-7-9-20-11-18(17)19/h3-7,9,11,16H,8,10,12-13H2,1-2H3. The topological polar surface area (TPSA) is 19.4 Å². The molecule has 3 nitrogen and oxygen atoms in total. The van der Waals surface area contributed by atoms with Crippen molar-refractivity contribution in [3.05, 3.63) is 54.1 Å². The fraction of sp³-hybridized carbons (Fsp3) is 0.389. The molecule has 1 aromatic carbocycles. The van der Waals surface area contributed by atoms with E-state index in [-0.39, 0.29) is 5.82 Å². The van der Waals surface area contributed by atoms with Crippen LogP contribution in [0.25, 0.3) is 11.1 Å².